The summed E-state index contributed by atoms with van der Waals surface area (Å²) in [5.74, 6) is -0.303. The van der Waals surface area contributed by atoms with Gasteiger partial charge in [0.1, 0.15) is 0 Å². The highest BCUT2D eigenvalue weighted by molar-refractivity contribution is 6.36. The Balaban J connectivity index is 2.06. The van der Waals surface area contributed by atoms with Gasteiger partial charge in [-0.15, -0.1) is 0 Å². The molecule has 0 aliphatic carbocycles. The van der Waals surface area contributed by atoms with Crippen molar-refractivity contribution in [3.63, 3.8) is 0 Å². The molecule has 1 atom stereocenters. The Bertz CT molecular complexity index is 642. The molecule has 0 unspecified atom stereocenters. The number of hydrogen-bond acceptors (Lipinski definition) is 3. The quantitative estimate of drug-likeness (QED) is 0.908. The summed E-state index contributed by atoms with van der Waals surface area (Å²) in [6.45, 7) is 1.76. The van der Waals surface area contributed by atoms with Gasteiger partial charge in [-0.3, -0.25) is 9.78 Å². The zero-order chi connectivity index (χ0) is 15.4. The van der Waals surface area contributed by atoms with Crippen molar-refractivity contribution in [2.45, 2.75) is 13.0 Å². The van der Waals surface area contributed by atoms with E-state index in [2.05, 4.69) is 10.3 Å². The maximum Gasteiger partial charge on any atom is 0.253 e. The third-order valence-corrected chi connectivity index (χ3v) is 3.70. The number of hydrogen-bond donors (Lipinski definition) is 2. The first-order valence-electron chi connectivity index (χ1n) is 6.32. The minimum absolute atomic E-state index is 0.0105. The van der Waals surface area contributed by atoms with Crippen molar-refractivity contribution in [2.75, 3.05) is 6.54 Å². The molecule has 2 N–H and O–H groups in total. The summed E-state index contributed by atoms with van der Waals surface area (Å²) in [6, 6.07) is 8.33. The molecule has 4 nitrogen and oxygen atoms in total. The smallest absolute Gasteiger partial charge is 0.253 e. The number of nitrogens with one attached hydrogen (secondary N) is 1. The number of nitrogens with zero attached hydrogens (tertiary/aromatic N) is 1. The van der Waals surface area contributed by atoms with Gasteiger partial charge in [-0.1, -0.05) is 29.3 Å². The van der Waals surface area contributed by atoms with Gasteiger partial charge in [0.25, 0.3) is 5.91 Å². The first-order valence-corrected chi connectivity index (χ1v) is 7.08. The van der Waals surface area contributed by atoms with Crippen molar-refractivity contribution in [3.8, 4) is 0 Å². The second-order valence-corrected chi connectivity index (χ2v) is 5.31. The standard InChI is InChI=1S/C15H14Cl2N2O2/c1-9-10(4-3-7-18-9)15(21)19-8-13(20)14-11(16)5-2-6-12(14)17/h2-7,13,20H,8H2,1H3,(H,19,21)/t13-/m0/s1. The fraction of sp³-hybridized carbons (Fsp3) is 0.200. The first kappa shape index (κ1) is 15.8. The molecule has 21 heavy (non-hydrogen) atoms. The number of benzene rings is 1. The molecule has 0 fully saturated rings. The number of carbonyl (C=O) groups is 1. The largest absolute Gasteiger partial charge is 0.386 e. The highest BCUT2D eigenvalue weighted by atomic mass is 35.5. The predicted octanol–water partition coefficient (Wildman–Crippen LogP) is 3.16. The molecular formula is C15H14Cl2N2O2. The van der Waals surface area contributed by atoms with E-state index in [0.29, 0.717) is 26.9 Å². The molecule has 0 saturated heterocycles. The lowest BCUT2D eigenvalue weighted by Crippen LogP contribution is -2.29. The summed E-state index contributed by atoms with van der Waals surface area (Å²) in [6.07, 6.45) is 0.636. The Morgan fingerprint density at radius 3 is 2.57 bits per heavy atom. The van der Waals surface area contributed by atoms with Crippen LogP contribution in [0.1, 0.15) is 27.7 Å². The topological polar surface area (TPSA) is 62.2 Å². The summed E-state index contributed by atoms with van der Waals surface area (Å²) < 4.78 is 0. The third-order valence-electron chi connectivity index (χ3n) is 3.04. The van der Waals surface area contributed by atoms with Crippen molar-refractivity contribution >= 4 is 29.1 Å². The van der Waals surface area contributed by atoms with Gasteiger partial charge in [0.2, 0.25) is 0 Å². The first-order chi connectivity index (χ1) is 10.0. The monoisotopic (exact) mass is 324 g/mol. The predicted molar refractivity (Wildman–Crippen MR) is 82.7 cm³/mol. The molecule has 1 amide bonds. The number of aromatic nitrogens is 1. The molecule has 0 radical (unpaired) electrons. The van der Waals surface area contributed by atoms with Gasteiger partial charge in [0.15, 0.2) is 0 Å². The van der Waals surface area contributed by atoms with Gasteiger partial charge in [-0.2, -0.15) is 0 Å². The number of amides is 1. The van der Waals surface area contributed by atoms with Gasteiger partial charge in [0.05, 0.1) is 11.7 Å². The van der Waals surface area contributed by atoms with Crippen molar-refractivity contribution in [2.24, 2.45) is 0 Å². The summed E-state index contributed by atoms with van der Waals surface area (Å²) in [4.78, 5) is 16.1. The second-order valence-electron chi connectivity index (χ2n) is 4.50. The van der Waals surface area contributed by atoms with Crippen LogP contribution in [0.4, 0.5) is 0 Å². The molecule has 1 heterocycles. The minimum atomic E-state index is -0.980. The van der Waals surface area contributed by atoms with E-state index in [9.17, 15) is 9.90 Å². The van der Waals surface area contributed by atoms with Crippen molar-refractivity contribution in [1.29, 1.82) is 0 Å². The SMILES string of the molecule is Cc1ncccc1C(=O)NC[C@H](O)c1c(Cl)cccc1Cl. The Hall–Kier alpha value is -1.62. The lowest BCUT2D eigenvalue weighted by molar-refractivity contribution is 0.0915. The van der Waals surface area contributed by atoms with Crippen LogP contribution in [0.25, 0.3) is 0 Å². The maximum absolute atomic E-state index is 12.0. The Kier molecular flexibility index (Phi) is 5.17. The van der Waals surface area contributed by atoms with E-state index >= 15 is 0 Å². The summed E-state index contributed by atoms with van der Waals surface area (Å²) in [5.41, 5.74) is 1.50. The molecular weight excluding hydrogens is 311 g/mol. The molecule has 1 aromatic heterocycles. The molecule has 1 aromatic carbocycles. The number of pyridine rings is 1. The number of carbonyl (C=O) groups excluding carboxylic acids is 1. The Morgan fingerprint density at radius 2 is 1.95 bits per heavy atom. The number of aliphatic hydroxyl groups is 1. The summed E-state index contributed by atoms with van der Waals surface area (Å²) >= 11 is 12.0. The van der Waals surface area contributed by atoms with Gasteiger partial charge >= 0.3 is 0 Å². The van der Waals surface area contributed by atoms with Crippen LogP contribution in [0.15, 0.2) is 36.5 Å². The molecule has 0 aliphatic rings. The van der Waals surface area contributed by atoms with Crippen molar-refractivity contribution in [3.05, 3.63) is 63.4 Å². The number of aliphatic hydroxyl groups excluding tert-OH is 1. The van der Waals surface area contributed by atoms with Crippen LogP contribution >= 0.6 is 23.2 Å². The van der Waals surface area contributed by atoms with E-state index in [1.165, 1.54) is 0 Å². The second kappa shape index (κ2) is 6.89. The third kappa shape index (κ3) is 3.73. The van der Waals surface area contributed by atoms with E-state index in [4.69, 9.17) is 23.2 Å². The average molecular weight is 325 g/mol. The normalized spacial score (nSPS) is 12.0. The van der Waals surface area contributed by atoms with Crippen LogP contribution in [0.3, 0.4) is 0 Å². The van der Waals surface area contributed by atoms with Crippen LogP contribution in [0.2, 0.25) is 10.0 Å². The van der Waals surface area contributed by atoms with E-state index < -0.39 is 6.10 Å². The molecule has 0 bridgehead atoms. The highest BCUT2D eigenvalue weighted by Crippen LogP contribution is 2.29. The Morgan fingerprint density at radius 1 is 1.29 bits per heavy atom. The van der Waals surface area contributed by atoms with Gasteiger partial charge in [-0.25, -0.2) is 0 Å². The summed E-state index contributed by atoms with van der Waals surface area (Å²) in [5, 5.41) is 13.5. The van der Waals surface area contributed by atoms with Crippen LogP contribution in [-0.4, -0.2) is 22.5 Å². The average Bonchev–Trinajstić information content (AvgIpc) is 2.45. The molecule has 0 saturated carbocycles. The van der Waals surface area contributed by atoms with Crippen LogP contribution in [-0.2, 0) is 0 Å². The summed E-state index contributed by atoms with van der Waals surface area (Å²) in [7, 11) is 0. The lowest BCUT2D eigenvalue weighted by atomic mass is 10.1. The molecule has 2 aromatic rings. The molecule has 0 spiro atoms. The number of aryl methyl sites for hydroxylation is 1. The molecule has 2 rings (SSSR count). The zero-order valence-electron chi connectivity index (χ0n) is 11.3. The van der Waals surface area contributed by atoms with Crippen LogP contribution < -0.4 is 5.32 Å². The van der Waals surface area contributed by atoms with E-state index in [1.807, 2.05) is 0 Å². The van der Waals surface area contributed by atoms with Crippen LogP contribution in [0, 0.1) is 6.92 Å². The van der Waals surface area contributed by atoms with E-state index in [-0.39, 0.29) is 12.5 Å². The van der Waals surface area contributed by atoms with E-state index in [0.717, 1.165) is 0 Å². The van der Waals surface area contributed by atoms with Crippen molar-refractivity contribution < 1.29 is 9.90 Å². The zero-order valence-corrected chi connectivity index (χ0v) is 12.8. The Labute approximate surface area is 132 Å². The van der Waals surface area contributed by atoms with Gasteiger partial charge in [-0.05, 0) is 31.2 Å². The molecule has 6 heteroatoms. The maximum atomic E-state index is 12.0. The number of halogens is 2. The van der Waals surface area contributed by atoms with Crippen molar-refractivity contribution in [1.82, 2.24) is 10.3 Å². The molecule has 0 aliphatic heterocycles. The van der Waals surface area contributed by atoms with Crippen LogP contribution in [0.5, 0.6) is 0 Å². The van der Waals surface area contributed by atoms with Gasteiger partial charge in [0, 0.05) is 34.0 Å². The van der Waals surface area contributed by atoms with E-state index in [1.54, 1.807) is 43.5 Å². The fourth-order valence-corrected chi connectivity index (χ4v) is 2.59. The minimum Gasteiger partial charge on any atom is -0.386 e. The van der Waals surface area contributed by atoms with Gasteiger partial charge < -0.3 is 10.4 Å². The molecule has 110 valence electrons. The number of rotatable bonds is 4. The lowest BCUT2D eigenvalue weighted by Gasteiger charge is -2.15. The fourth-order valence-electron chi connectivity index (χ4n) is 1.94. The highest BCUT2D eigenvalue weighted by Gasteiger charge is 2.17.